The molecule has 0 aliphatic rings. The number of aryl methyl sites for hydroxylation is 3. The van der Waals surface area contributed by atoms with Gasteiger partial charge in [0, 0.05) is 40.3 Å². The molecule has 224 valence electrons. The smallest absolute Gasteiger partial charge is 0.335 e. The zero-order valence-electron chi connectivity index (χ0n) is 24.3. The van der Waals surface area contributed by atoms with Crippen molar-refractivity contribution in [1.82, 2.24) is 10.1 Å². The summed E-state index contributed by atoms with van der Waals surface area (Å²) in [6.07, 6.45) is 0.690. The number of methoxy groups -OCH3 is 1. The molecule has 0 saturated heterocycles. The van der Waals surface area contributed by atoms with Crippen LogP contribution in [0.25, 0.3) is 22.0 Å². The van der Waals surface area contributed by atoms with Crippen molar-refractivity contribution in [3.8, 4) is 16.9 Å². The average molecular weight is 622 g/mol. The second-order valence-corrected chi connectivity index (χ2v) is 13.2. The van der Waals surface area contributed by atoms with Crippen LogP contribution < -0.4 is 9.46 Å². The summed E-state index contributed by atoms with van der Waals surface area (Å²) in [5.74, 6) is 0.199. The van der Waals surface area contributed by atoms with Gasteiger partial charge in [0.05, 0.1) is 17.7 Å². The van der Waals surface area contributed by atoms with Crippen LogP contribution >= 0.6 is 11.3 Å². The summed E-state index contributed by atoms with van der Waals surface area (Å²) in [6.45, 7) is 7.74. The number of thiophene rings is 1. The Hall–Kier alpha value is -4.26. The van der Waals surface area contributed by atoms with Crippen molar-refractivity contribution in [2.75, 3.05) is 11.8 Å². The third-order valence-corrected chi connectivity index (χ3v) is 9.96. The molecule has 3 heterocycles. The highest BCUT2D eigenvalue weighted by molar-refractivity contribution is 7.94. The number of carbonyl (C=O) groups is 1. The summed E-state index contributed by atoms with van der Waals surface area (Å²) >= 11 is 1.17. The largest absolute Gasteiger partial charge is 0.488 e. The standard InChI is InChI=1S/C31H31N3O7S2/c1-6-23-14-28(26-13-21(30(35)36)8-10-27(26)32-23)40-15-20-7-9-24(22(12-20)16-39-5)25-11-17(2)42-31(25)43(37,38)34-29-18(3)19(4)41-33-29/h7-14H,6,15-16H2,1-5H3,(H,33,34)(H,35,36). The number of hydrogen-bond donors (Lipinski definition) is 2. The van der Waals surface area contributed by atoms with E-state index in [0.717, 1.165) is 27.3 Å². The van der Waals surface area contributed by atoms with Crippen LogP contribution in [0.15, 0.2) is 57.3 Å². The van der Waals surface area contributed by atoms with Crippen LogP contribution in [0.1, 0.15) is 50.3 Å². The van der Waals surface area contributed by atoms with Crippen LogP contribution in [0.4, 0.5) is 5.82 Å². The van der Waals surface area contributed by atoms with Crippen molar-refractivity contribution in [2.24, 2.45) is 0 Å². The van der Waals surface area contributed by atoms with Gasteiger partial charge in [-0.15, -0.1) is 11.3 Å². The number of fused-ring (bicyclic) bond motifs is 1. The zero-order chi connectivity index (χ0) is 30.9. The van der Waals surface area contributed by atoms with Crippen molar-refractivity contribution in [1.29, 1.82) is 0 Å². The molecule has 0 saturated carbocycles. The molecular weight excluding hydrogens is 590 g/mol. The fourth-order valence-electron chi connectivity index (χ4n) is 4.68. The van der Waals surface area contributed by atoms with Crippen LogP contribution in [0.3, 0.4) is 0 Å². The summed E-state index contributed by atoms with van der Waals surface area (Å²) in [6, 6.07) is 14.1. The maximum Gasteiger partial charge on any atom is 0.335 e. The number of sulfonamides is 1. The first-order valence-electron chi connectivity index (χ1n) is 13.5. The van der Waals surface area contributed by atoms with Crippen LogP contribution in [0.5, 0.6) is 5.75 Å². The lowest BCUT2D eigenvalue weighted by molar-refractivity contribution is 0.0697. The van der Waals surface area contributed by atoms with Gasteiger partial charge in [-0.05, 0) is 74.2 Å². The predicted octanol–water partition coefficient (Wildman–Crippen LogP) is 6.66. The summed E-state index contributed by atoms with van der Waals surface area (Å²) in [5.41, 5.74) is 5.14. The number of nitrogens with one attached hydrogen (secondary N) is 1. The minimum Gasteiger partial charge on any atom is -0.488 e. The van der Waals surface area contributed by atoms with Crippen LogP contribution in [0, 0.1) is 20.8 Å². The van der Waals surface area contributed by atoms with E-state index in [1.165, 1.54) is 17.4 Å². The van der Waals surface area contributed by atoms with Crippen molar-refractivity contribution in [3.63, 3.8) is 0 Å². The second kappa shape index (κ2) is 12.2. The maximum absolute atomic E-state index is 13.5. The van der Waals surface area contributed by atoms with Gasteiger partial charge in [-0.2, -0.15) is 0 Å². The number of nitrogens with zero attached hydrogens (tertiary/aromatic N) is 2. The van der Waals surface area contributed by atoms with Crippen LogP contribution in [-0.2, 0) is 34.4 Å². The molecule has 0 aliphatic heterocycles. The first-order valence-corrected chi connectivity index (χ1v) is 15.8. The van der Waals surface area contributed by atoms with E-state index >= 15 is 0 Å². The lowest BCUT2D eigenvalue weighted by Gasteiger charge is -2.15. The molecule has 0 fully saturated rings. The molecular formula is C31H31N3O7S2. The monoisotopic (exact) mass is 621 g/mol. The SMILES string of the molecule is CCc1cc(OCc2ccc(-c3cc(C)sc3S(=O)(=O)Nc3noc(C)c3C)c(COC)c2)c2cc(C(=O)O)ccc2n1. The third-order valence-electron chi connectivity index (χ3n) is 7.04. The Kier molecular flexibility index (Phi) is 8.54. The molecule has 5 rings (SSSR count). The normalized spacial score (nSPS) is 11.7. The number of rotatable bonds is 11. The Morgan fingerprint density at radius 2 is 1.84 bits per heavy atom. The van der Waals surface area contributed by atoms with Gasteiger partial charge < -0.3 is 19.1 Å². The molecule has 0 unspecified atom stereocenters. The summed E-state index contributed by atoms with van der Waals surface area (Å²) in [4.78, 5) is 17.0. The lowest BCUT2D eigenvalue weighted by atomic mass is 9.99. The van der Waals surface area contributed by atoms with Gasteiger partial charge in [-0.1, -0.05) is 24.2 Å². The van der Waals surface area contributed by atoms with Crippen LogP contribution in [0.2, 0.25) is 0 Å². The van der Waals surface area contributed by atoms with Gasteiger partial charge in [-0.3, -0.25) is 9.71 Å². The average Bonchev–Trinajstić information content (AvgIpc) is 3.53. The highest BCUT2D eigenvalue weighted by atomic mass is 32.2. The van der Waals surface area contributed by atoms with E-state index < -0.39 is 16.0 Å². The van der Waals surface area contributed by atoms with E-state index in [4.69, 9.17) is 14.0 Å². The van der Waals surface area contributed by atoms with E-state index in [-0.39, 0.29) is 28.8 Å². The first-order chi connectivity index (χ1) is 20.5. The fraction of sp³-hybridized carbons (Fsp3) is 0.258. The molecule has 12 heteroatoms. The maximum atomic E-state index is 13.5. The molecule has 0 amide bonds. The Morgan fingerprint density at radius 3 is 2.51 bits per heavy atom. The van der Waals surface area contributed by atoms with Gasteiger partial charge >= 0.3 is 5.97 Å². The van der Waals surface area contributed by atoms with Crippen molar-refractivity contribution >= 4 is 44.1 Å². The zero-order valence-corrected chi connectivity index (χ0v) is 26.0. The molecule has 0 bridgehead atoms. The first kappa shape index (κ1) is 30.2. The number of hydrogen-bond acceptors (Lipinski definition) is 9. The molecule has 0 radical (unpaired) electrons. The van der Waals surface area contributed by atoms with E-state index in [9.17, 15) is 18.3 Å². The number of pyridine rings is 1. The number of aromatic carboxylic acids is 1. The van der Waals surface area contributed by atoms with Gasteiger partial charge in [0.2, 0.25) is 0 Å². The summed E-state index contributed by atoms with van der Waals surface area (Å²) in [7, 11) is -2.39. The number of benzene rings is 2. The Morgan fingerprint density at radius 1 is 1.05 bits per heavy atom. The Labute approximate surface area is 253 Å². The highest BCUT2D eigenvalue weighted by Crippen LogP contribution is 2.38. The van der Waals surface area contributed by atoms with E-state index in [1.807, 2.05) is 44.2 Å². The van der Waals surface area contributed by atoms with E-state index in [2.05, 4.69) is 14.9 Å². The fourth-order valence-corrected chi connectivity index (χ4v) is 7.39. The van der Waals surface area contributed by atoms with Crippen LogP contribution in [-0.4, -0.2) is 36.7 Å². The topological polar surface area (TPSA) is 141 Å². The van der Waals surface area contributed by atoms with E-state index in [0.29, 0.717) is 40.0 Å². The molecule has 2 N–H and O–H groups in total. The Bertz CT molecular complexity index is 1940. The van der Waals surface area contributed by atoms with Crippen molar-refractivity contribution < 1.29 is 32.3 Å². The molecule has 0 spiro atoms. The number of aromatic nitrogens is 2. The predicted molar refractivity (Wildman–Crippen MR) is 164 cm³/mol. The lowest BCUT2D eigenvalue weighted by Crippen LogP contribution is -2.13. The highest BCUT2D eigenvalue weighted by Gasteiger charge is 2.26. The number of ether oxygens (including phenoxy) is 2. The quantitative estimate of drug-likeness (QED) is 0.166. The molecule has 2 aromatic carbocycles. The molecule has 3 aromatic heterocycles. The van der Waals surface area contributed by atoms with Gasteiger partial charge in [0.25, 0.3) is 10.0 Å². The Balaban J connectivity index is 1.48. The molecule has 0 atom stereocenters. The number of carboxylic acids is 1. The van der Waals surface area contributed by atoms with Gasteiger partial charge in [0.15, 0.2) is 5.82 Å². The van der Waals surface area contributed by atoms with E-state index in [1.54, 1.807) is 33.1 Å². The molecule has 10 nitrogen and oxygen atoms in total. The summed E-state index contributed by atoms with van der Waals surface area (Å²) in [5, 5.41) is 13.9. The molecule has 43 heavy (non-hydrogen) atoms. The minimum atomic E-state index is -3.97. The van der Waals surface area contributed by atoms with Gasteiger partial charge in [-0.25, -0.2) is 13.2 Å². The van der Waals surface area contributed by atoms with Crippen molar-refractivity contribution in [3.05, 3.63) is 87.1 Å². The third kappa shape index (κ3) is 6.26. The van der Waals surface area contributed by atoms with Gasteiger partial charge in [0.1, 0.15) is 22.3 Å². The van der Waals surface area contributed by atoms with Crippen molar-refractivity contribution in [2.45, 2.75) is 51.5 Å². The molecule has 0 aliphatic carbocycles. The number of anilines is 1. The summed E-state index contributed by atoms with van der Waals surface area (Å²) < 4.78 is 46.6. The number of carboxylic acid groups (broad SMARTS) is 1. The molecule has 5 aromatic rings. The minimum absolute atomic E-state index is 0.148. The second-order valence-electron chi connectivity index (χ2n) is 10.1.